The van der Waals surface area contributed by atoms with Crippen LogP contribution in [0.2, 0.25) is 0 Å². The van der Waals surface area contributed by atoms with Gasteiger partial charge in [0.25, 0.3) is 0 Å². The van der Waals surface area contributed by atoms with Gasteiger partial charge >= 0.3 is 0 Å². The first-order chi connectivity index (χ1) is 11.8. The van der Waals surface area contributed by atoms with Crippen LogP contribution in [-0.4, -0.2) is 15.1 Å². The highest BCUT2D eigenvalue weighted by Crippen LogP contribution is 2.32. The fraction of sp³-hybridized carbons (Fsp3) is 0. The Hall–Kier alpha value is -2.98. The number of rotatable bonds is 3. The van der Waals surface area contributed by atoms with E-state index in [2.05, 4.69) is 9.97 Å². The largest absolute Gasteiger partial charge is 0.507 e. The minimum absolute atomic E-state index is 0.180. The Kier molecular flexibility index (Phi) is 3.81. The number of thiophene rings is 1. The zero-order valence-electron chi connectivity index (χ0n) is 12.8. The maximum Gasteiger partial charge on any atom is 0.164 e. The topological polar surface area (TPSA) is 46.0 Å². The standard InChI is InChI=1S/C20H14N2OS/c23-18-10-5-4-9-15(18)20-21-16(14-7-2-1-3-8-14)13-17(22-20)19-11-6-12-24-19/h1-13,23H. The predicted molar refractivity (Wildman–Crippen MR) is 97.9 cm³/mol. The molecule has 24 heavy (non-hydrogen) atoms. The van der Waals surface area contributed by atoms with Crippen LogP contribution in [0.3, 0.4) is 0 Å². The first-order valence-electron chi connectivity index (χ1n) is 7.58. The summed E-state index contributed by atoms with van der Waals surface area (Å²) in [4.78, 5) is 10.4. The van der Waals surface area contributed by atoms with Crippen molar-refractivity contribution >= 4 is 11.3 Å². The molecule has 0 saturated heterocycles. The van der Waals surface area contributed by atoms with E-state index in [1.807, 2.05) is 66.0 Å². The summed E-state index contributed by atoms with van der Waals surface area (Å²) in [7, 11) is 0. The first kappa shape index (κ1) is 14.6. The van der Waals surface area contributed by atoms with Crippen molar-refractivity contribution in [2.45, 2.75) is 0 Å². The van der Waals surface area contributed by atoms with Gasteiger partial charge in [0.05, 0.1) is 21.8 Å². The maximum absolute atomic E-state index is 10.2. The zero-order chi connectivity index (χ0) is 16.4. The highest BCUT2D eigenvalue weighted by atomic mass is 32.1. The molecule has 0 aliphatic heterocycles. The molecular formula is C20H14N2OS. The summed E-state index contributed by atoms with van der Waals surface area (Å²) in [6.07, 6.45) is 0. The van der Waals surface area contributed by atoms with Crippen molar-refractivity contribution in [3.63, 3.8) is 0 Å². The molecule has 1 N–H and O–H groups in total. The van der Waals surface area contributed by atoms with Crippen molar-refractivity contribution in [2.24, 2.45) is 0 Å². The molecule has 2 aromatic carbocycles. The summed E-state index contributed by atoms with van der Waals surface area (Å²) >= 11 is 1.64. The summed E-state index contributed by atoms with van der Waals surface area (Å²) in [6.45, 7) is 0. The van der Waals surface area contributed by atoms with Crippen molar-refractivity contribution < 1.29 is 5.11 Å². The Morgan fingerprint density at radius 1 is 0.750 bits per heavy atom. The molecule has 116 valence electrons. The monoisotopic (exact) mass is 330 g/mol. The molecule has 2 heterocycles. The van der Waals surface area contributed by atoms with E-state index in [0.717, 1.165) is 21.8 Å². The third-order valence-electron chi connectivity index (χ3n) is 3.71. The van der Waals surface area contributed by atoms with E-state index >= 15 is 0 Å². The van der Waals surface area contributed by atoms with Crippen LogP contribution >= 0.6 is 11.3 Å². The SMILES string of the molecule is Oc1ccccc1-c1nc(-c2ccccc2)cc(-c2cccs2)n1. The Bertz CT molecular complexity index is 966. The van der Waals surface area contributed by atoms with Crippen LogP contribution in [0.4, 0.5) is 0 Å². The fourth-order valence-corrected chi connectivity index (χ4v) is 3.22. The van der Waals surface area contributed by atoms with Crippen LogP contribution in [0.5, 0.6) is 5.75 Å². The first-order valence-corrected chi connectivity index (χ1v) is 8.46. The number of phenolic OH excluding ortho intramolecular Hbond substituents is 1. The number of hydrogen-bond acceptors (Lipinski definition) is 4. The Morgan fingerprint density at radius 2 is 1.50 bits per heavy atom. The third kappa shape index (κ3) is 2.79. The number of benzene rings is 2. The molecule has 4 aromatic rings. The second kappa shape index (κ2) is 6.26. The number of nitrogens with zero attached hydrogens (tertiary/aromatic N) is 2. The molecule has 0 atom stereocenters. The molecule has 0 spiro atoms. The normalized spacial score (nSPS) is 10.7. The molecule has 0 amide bonds. The van der Waals surface area contributed by atoms with Crippen molar-refractivity contribution in [3.05, 3.63) is 78.2 Å². The fourth-order valence-electron chi connectivity index (χ4n) is 2.54. The smallest absolute Gasteiger partial charge is 0.164 e. The third-order valence-corrected chi connectivity index (χ3v) is 4.61. The van der Waals surface area contributed by atoms with Crippen molar-refractivity contribution in [2.75, 3.05) is 0 Å². The molecule has 0 radical (unpaired) electrons. The number of aromatic nitrogens is 2. The van der Waals surface area contributed by atoms with Gasteiger partial charge in [0.1, 0.15) is 5.75 Å². The van der Waals surface area contributed by atoms with E-state index in [1.165, 1.54) is 0 Å². The average Bonchev–Trinajstić information content (AvgIpc) is 3.17. The molecule has 0 unspecified atom stereocenters. The van der Waals surface area contributed by atoms with E-state index in [9.17, 15) is 5.11 Å². The Labute approximate surface area is 143 Å². The Balaban J connectivity index is 1.94. The highest BCUT2D eigenvalue weighted by molar-refractivity contribution is 7.13. The van der Waals surface area contributed by atoms with Crippen molar-refractivity contribution in [3.8, 4) is 39.0 Å². The molecule has 0 fully saturated rings. The van der Waals surface area contributed by atoms with Crippen LogP contribution < -0.4 is 0 Å². The summed E-state index contributed by atoms with van der Waals surface area (Å²) < 4.78 is 0. The minimum Gasteiger partial charge on any atom is -0.507 e. The van der Waals surface area contributed by atoms with Crippen molar-refractivity contribution in [1.29, 1.82) is 0 Å². The van der Waals surface area contributed by atoms with Gasteiger partial charge in [-0.3, -0.25) is 0 Å². The number of hydrogen-bond donors (Lipinski definition) is 1. The van der Waals surface area contributed by atoms with Crippen LogP contribution in [0.25, 0.3) is 33.2 Å². The van der Waals surface area contributed by atoms with E-state index in [4.69, 9.17) is 0 Å². The van der Waals surface area contributed by atoms with Gasteiger partial charge in [-0.25, -0.2) is 9.97 Å². The van der Waals surface area contributed by atoms with Gasteiger partial charge in [-0.15, -0.1) is 11.3 Å². The van der Waals surface area contributed by atoms with Gasteiger partial charge in [-0.2, -0.15) is 0 Å². The van der Waals surface area contributed by atoms with E-state index in [0.29, 0.717) is 11.4 Å². The zero-order valence-corrected chi connectivity index (χ0v) is 13.6. The lowest BCUT2D eigenvalue weighted by molar-refractivity contribution is 0.477. The van der Waals surface area contributed by atoms with Crippen LogP contribution in [0, 0.1) is 0 Å². The van der Waals surface area contributed by atoms with Gasteiger partial charge in [-0.05, 0) is 29.6 Å². The molecule has 2 aromatic heterocycles. The second-order valence-corrected chi connectivity index (χ2v) is 6.27. The van der Waals surface area contributed by atoms with Crippen molar-refractivity contribution in [1.82, 2.24) is 9.97 Å². The molecule has 0 saturated carbocycles. The number of aromatic hydroxyl groups is 1. The van der Waals surface area contributed by atoms with E-state index in [1.54, 1.807) is 23.5 Å². The van der Waals surface area contributed by atoms with Crippen LogP contribution in [0.15, 0.2) is 78.2 Å². The van der Waals surface area contributed by atoms with Gasteiger partial charge in [0, 0.05) is 5.56 Å². The maximum atomic E-state index is 10.2. The minimum atomic E-state index is 0.180. The van der Waals surface area contributed by atoms with Gasteiger partial charge in [0.2, 0.25) is 0 Å². The number of phenols is 1. The quantitative estimate of drug-likeness (QED) is 0.558. The highest BCUT2D eigenvalue weighted by Gasteiger charge is 2.13. The molecule has 4 rings (SSSR count). The summed E-state index contributed by atoms with van der Waals surface area (Å²) in [5, 5.41) is 12.2. The summed E-state index contributed by atoms with van der Waals surface area (Å²) in [5.41, 5.74) is 3.35. The molecule has 0 aliphatic carbocycles. The Morgan fingerprint density at radius 3 is 2.25 bits per heavy atom. The summed E-state index contributed by atoms with van der Waals surface area (Å²) in [6, 6.07) is 23.2. The van der Waals surface area contributed by atoms with Gasteiger partial charge < -0.3 is 5.11 Å². The molecule has 0 aliphatic rings. The van der Waals surface area contributed by atoms with Crippen LogP contribution in [-0.2, 0) is 0 Å². The lowest BCUT2D eigenvalue weighted by atomic mass is 10.1. The average molecular weight is 330 g/mol. The lowest BCUT2D eigenvalue weighted by Crippen LogP contribution is -1.95. The van der Waals surface area contributed by atoms with Gasteiger partial charge in [-0.1, -0.05) is 48.5 Å². The van der Waals surface area contributed by atoms with Gasteiger partial charge in [0.15, 0.2) is 5.82 Å². The second-order valence-electron chi connectivity index (χ2n) is 5.32. The van der Waals surface area contributed by atoms with E-state index < -0.39 is 0 Å². The number of para-hydroxylation sites is 1. The lowest BCUT2D eigenvalue weighted by Gasteiger charge is -2.09. The molecule has 3 nitrogen and oxygen atoms in total. The predicted octanol–water partition coefficient (Wildman–Crippen LogP) is 5.24. The van der Waals surface area contributed by atoms with E-state index in [-0.39, 0.29) is 5.75 Å². The summed E-state index contributed by atoms with van der Waals surface area (Å²) in [5.74, 6) is 0.706. The molecular weight excluding hydrogens is 316 g/mol. The molecule has 0 bridgehead atoms. The molecule has 4 heteroatoms. The van der Waals surface area contributed by atoms with Crippen LogP contribution in [0.1, 0.15) is 0 Å².